The lowest BCUT2D eigenvalue weighted by molar-refractivity contribution is 0.0471. The van der Waals surface area contributed by atoms with Gasteiger partial charge in [0.05, 0.1) is 23.1 Å². The van der Waals surface area contributed by atoms with Crippen molar-refractivity contribution in [3.8, 4) is 0 Å². The van der Waals surface area contributed by atoms with Gasteiger partial charge in [0.15, 0.2) is 0 Å². The van der Waals surface area contributed by atoms with Crippen LogP contribution in [0.25, 0.3) is 0 Å². The van der Waals surface area contributed by atoms with Gasteiger partial charge in [0.1, 0.15) is 6.61 Å². The number of esters is 1. The Labute approximate surface area is 122 Å². The van der Waals surface area contributed by atoms with E-state index in [1.165, 1.54) is 6.20 Å². The van der Waals surface area contributed by atoms with Gasteiger partial charge in [-0.25, -0.2) is 4.79 Å². The SMILES string of the molecule is Cc1ccc(COC(=O)c2cc(N)cnc2C)c(Cl)c1. The summed E-state index contributed by atoms with van der Waals surface area (Å²) in [6, 6.07) is 7.15. The number of carbonyl (C=O) groups is 1. The molecule has 2 aromatic rings. The quantitative estimate of drug-likeness (QED) is 0.881. The molecule has 0 saturated carbocycles. The summed E-state index contributed by atoms with van der Waals surface area (Å²) < 4.78 is 5.25. The first-order valence-corrected chi connectivity index (χ1v) is 6.49. The predicted octanol–water partition coefficient (Wildman–Crippen LogP) is 3.29. The summed E-state index contributed by atoms with van der Waals surface area (Å²) >= 11 is 6.09. The second-order valence-corrected chi connectivity index (χ2v) is 4.98. The summed E-state index contributed by atoms with van der Waals surface area (Å²) in [7, 11) is 0. The molecule has 0 aliphatic rings. The summed E-state index contributed by atoms with van der Waals surface area (Å²) in [5.41, 5.74) is 8.82. The number of anilines is 1. The maximum Gasteiger partial charge on any atom is 0.340 e. The number of hydrogen-bond donors (Lipinski definition) is 1. The number of nitrogens with zero attached hydrogens (tertiary/aromatic N) is 1. The highest BCUT2D eigenvalue weighted by atomic mass is 35.5. The Bertz CT molecular complexity index is 656. The number of ether oxygens (including phenoxy) is 1. The van der Waals surface area contributed by atoms with E-state index in [1.54, 1.807) is 13.0 Å². The topological polar surface area (TPSA) is 65.2 Å². The predicted molar refractivity (Wildman–Crippen MR) is 78.7 cm³/mol. The van der Waals surface area contributed by atoms with E-state index in [-0.39, 0.29) is 6.61 Å². The number of nitrogens with two attached hydrogens (primary N) is 1. The van der Waals surface area contributed by atoms with Crippen LogP contribution in [0.2, 0.25) is 5.02 Å². The standard InChI is InChI=1S/C15H15ClN2O2/c1-9-3-4-11(14(16)5-9)8-20-15(19)13-6-12(17)7-18-10(13)2/h3-7H,8,17H2,1-2H3. The van der Waals surface area contributed by atoms with Crippen molar-refractivity contribution in [3.05, 3.63) is 57.9 Å². The van der Waals surface area contributed by atoms with E-state index >= 15 is 0 Å². The highest BCUT2D eigenvalue weighted by Gasteiger charge is 2.13. The number of pyridine rings is 1. The first-order valence-electron chi connectivity index (χ1n) is 6.11. The van der Waals surface area contributed by atoms with E-state index < -0.39 is 5.97 Å². The van der Waals surface area contributed by atoms with Crippen LogP contribution in [0.15, 0.2) is 30.5 Å². The lowest BCUT2D eigenvalue weighted by Crippen LogP contribution is -2.09. The Morgan fingerprint density at radius 1 is 1.35 bits per heavy atom. The molecule has 0 unspecified atom stereocenters. The number of benzene rings is 1. The number of nitrogen functional groups attached to an aromatic ring is 1. The van der Waals surface area contributed by atoms with Gasteiger partial charge >= 0.3 is 5.97 Å². The molecule has 5 heteroatoms. The third-order valence-electron chi connectivity index (χ3n) is 2.90. The van der Waals surface area contributed by atoms with Gasteiger partial charge in [0.25, 0.3) is 0 Å². The second kappa shape index (κ2) is 5.92. The normalized spacial score (nSPS) is 10.3. The number of rotatable bonds is 3. The Hall–Kier alpha value is -2.07. The van der Waals surface area contributed by atoms with Crippen molar-refractivity contribution < 1.29 is 9.53 Å². The Balaban J connectivity index is 2.10. The maximum absolute atomic E-state index is 12.0. The summed E-state index contributed by atoms with van der Waals surface area (Å²) in [5.74, 6) is -0.459. The van der Waals surface area contributed by atoms with Crippen LogP contribution in [0.3, 0.4) is 0 Å². The minimum Gasteiger partial charge on any atom is -0.457 e. The third-order valence-corrected chi connectivity index (χ3v) is 3.25. The molecular formula is C15H15ClN2O2. The summed E-state index contributed by atoms with van der Waals surface area (Å²) in [6.07, 6.45) is 1.50. The van der Waals surface area contributed by atoms with Crippen LogP contribution in [-0.4, -0.2) is 11.0 Å². The molecule has 0 bridgehead atoms. The van der Waals surface area contributed by atoms with Crippen LogP contribution in [0.5, 0.6) is 0 Å². The molecule has 0 aliphatic heterocycles. The molecule has 0 saturated heterocycles. The number of carbonyl (C=O) groups excluding carboxylic acids is 1. The van der Waals surface area contributed by atoms with Crippen molar-refractivity contribution in [1.29, 1.82) is 0 Å². The molecule has 4 nitrogen and oxygen atoms in total. The van der Waals surface area contributed by atoms with Crippen molar-refractivity contribution >= 4 is 23.3 Å². The van der Waals surface area contributed by atoms with Crippen molar-refractivity contribution in [2.45, 2.75) is 20.5 Å². The molecule has 1 aromatic carbocycles. The number of halogens is 1. The molecule has 0 amide bonds. The zero-order chi connectivity index (χ0) is 14.7. The average Bonchev–Trinajstić information content (AvgIpc) is 2.40. The van der Waals surface area contributed by atoms with E-state index in [4.69, 9.17) is 22.1 Å². The van der Waals surface area contributed by atoms with Crippen LogP contribution >= 0.6 is 11.6 Å². The molecule has 0 aliphatic carbocycles. The smallest absolute Gasteiger partial charge is 0.340 e. The highest BCUT2D eigenvalue weighted by Crippen LogP contribution is 2.19. The van der Waals surface area contributed by atoms with Crippen LogP contribution in [0.4, 0.5) is 5.69 Å². The lowest BCUT2D eigenvalue weighted by atomic mass is 10.1. The lowest BCUT2D eigenvalue weighted by Gasteiger charge is -2.09. The van der Waals surface area contributed by atoms with Crippen LogP contribution < -0.4 is 5.73 Å². The third kappa shape index (κ3) is 3.27. The van der Waals surface area contributed by atoms with Gasteiger partial charge in [0.2, 0.25) is 0 Å². The Morgan fingerprint density at radius 2 is 2.10 bits per heavy atom. The summed E-state index contributed by atoms with van der Waals surface area (Å²) in [4.78, 5) is 16.0. The number of aryl methyl sites for hydroxylation is 2. The molecule has 1 heterocycles. The molecule has 0 atom stereocenters. The van der Waals surface area contributed by atoms with Gasteiger partial charge in [-0.05, 0) is 31.5 Å². The fourth-order valence-corrected chi connectivity index (χ4v) is 2.04. The molecule has 104 valence electrons. The van der Waals surface area contributed by atoms with Crippen LogP contribution in [0, 0.1) is 13.8 Å². The van der Waals surface area contributed by atoms with E-state index in [0.717, 1.165) is 11.1 Å². The second-order valence-electron chi connectivity index (χ2n) is 4.57. The van der Waals surface area contributed by atoms with E-state index in [0.29, 0.717) is 22.0 Å². The van der Waals surface area contributed by atoms with Crippen molar-refractivity contribution in [2.75, 3.05) is 5.73 Å². The molecule has 0 fully saturated rings. The largest absolute Gasteiger partial charge is 0.457 e. The van der Waals surface area contributed by atoms with Gasteiger partial charge in [-0.1, -0.05) is 23.7 Å². The summed E-state index contributed by atoms with van der Waals surface area (Å²) in [5, 5.41) is 0.584. The van der Waals surface area contributed by atoms with Crippen LogP contribution in [-0.2, 0) is 11.3 Å². The van der Waals surface area contributed by atoms with Gasteiger partial charge < -0.3 is 10.5 Å². The first kappa shape index (κ1) is 14.3. The first-order chi connectivity index (χ1) is 9.47. The van der Waals surface area contributed by atoms with E-state index in [2.05, 4.69) is 4.98 Å². The molecule has 2 N–H and O–H groups in total. The average molecular weight is 291 g/mol. The van der Waals surface area contributed by atoms with Crippen molar-refractivity contribution in [3.63, 3.8) is 0 Å². The van der Waals surface area contributed by atoms with Crippen molar-refractivity contribution in [2.24, 2.45) is 0 Å². The van der Waals surface area contributed by atoms with Gasteiger partial charge in [-0.15, -0.1) is 0 Å². The van der Waals surface area contributed by atoms with Gasteiger partial charge in [-0.3, -0.25) is 4.98 Å². The van der Waals surface area contributed by atoms with Crippen molar-refractivity contribution in [1.82, 2.24) is 4.98 Å². The molecule has 20 heavy (non-hydrogen) atoms. The minimum absolute atomic E-state index is 0.117. The fourth-order valence-electron chi connectivity index (χ4n) is 1.75. The van der Waals surface area contributed by atoms with Gasteiger partial charge in [-0.2, -0.15) is 0 Å². The zero-order valence-electron chi connectivity index (χ0n) is 11.3. The monoisotopic (exact) mass is 290 g/mol. The molecule has 1 aromatic heterocycles. The molecular weight excluding hydrogens is 276 g/mol. The van der Waals surface area contributed by atoms with E-state index in [1.807, 2.05) is 25.1 Å². The molecule has 0 radical (unpaired) electrons. The number of aromatic nitrogens is 1. The van der Waals surface area contributed by atoms with E-state index in [9.17, 15) is 4.79 Å². The highest BCUT2D eigenvalue weighted by molar-refractivity contribution is 6.31. The van der Waals surface area contributed by atoms with Gasteiger partial charge in [0, 0.05) is 10.6 Å². The molecule has 0 spiro atoms. The number of hydrogen-bond acceptors (Lipinski definition) is 4. The maximum atomic E-state index is 12.0. The van der Waals surface area contributed by atoms with Crippen LogP contribution in [0.1, 0.15) is 27.2 Å². The summed E-state index contributed by atoms with van der Waals surface area (Å²) in [6.45, 7) is 3.80. The fraction of sp³-hybridized carbons (Fsp3) is 0.200. The Kier molecular flexibility index (Phi) is 4.25. The zero-order valence-corrected chi connectivity index (χ0v) is 12.1. The molecule has 2 rings (SSSR count). The minimum atomic E-state index is -0.459. The Morgan fingerprint density at radius 3 is 2.80 bits per heavy atom.